The summed E-state index contributed by atoms with van der Waals surface area (Å²) in [4.78, 5) is 24.7. The van der Waals surface area contributed by atoms with Crippen LogP contribution in [0.15, 0.2) is 11.6 Å². The van der Waals surface area contributed by atoms with Crippen LogP contribution < -0.4 is 0 Å². The van der Waals surface area contributed by atoms with Gasteiger partial charge in [0.2, 0.25) is 0 Å². The average molecular weight is 459 g/mol. The van der Waals surface area contributed by atoms with Gasteiger partial charge in [0.15, 0.2) is 5.78 Å². The maximum atomic E-state index is 12.5. The van der Waals surface area contributed by atoms with E-state index in [1.165, 1.54) is 31.3 Å². The van der Waals surface area contributed by atoms with Crippen LogP contribution in [-0.4, -0.2) is 24.6 Å². The van der Waals surface area contributed by atoms with Crippen LogP contribution in [0.5, 0.6) is 0 Å². The van der Waals surface area contributed by atoms with Crippen LogP contribution in [-0.2, 0) is 14.3 Å². The fraction of sp³-hybridized carbons (Fsp3) is 0.862. The van der Waals surface area contributed by atoms with E-state index in [9.17, 15) is 9.59 Å². The summed E-state index contributed by atoms with van der Waals surface area (Å²) >= 11 is 0. The Hall–Kier alpha value is -1.32. The third kappa shape index (κ3) is 4.78. The normalized spacial score (nSPS) is 39.8. The minimum absolute atomic E-state index is 0.0250. The second kappa shape index (κ2) is 10.5. The number of ketones is 1. The number of carbonyl (C=O) groups excluding carboxylic acids is 2. The predicted molar refractivity (Wildman–Crippen MR) is 131 cm³/mol. The van der Waals surface area contributed by atoms with Crippen molar-refractivity contribution >= 4 is 11.9 Å². The topological polar surface area (TPSA) is 52.6 Å². The summed E-state index contributed by atoms with van der Waals surface area (Å²) in [5.74, 6) is 4.21. The summed E-state index contributed by atoms with van der Waals surface area (Å²) in [6, 6.07) is 0. The van der Waals surface area contributed by atoms with Crippen molar-refractivity contribution in [3.05, 3.63) is 11.6 Å². The van der Waals surface area contributed by atoms with Crippen molar-refractivity contribution in [2.24, 2.45) is 40.9 Å². The van der Waals surface area contributed by atoms with Gasteiger partial charge in [0.25, 0.3) is 0 Å². The van der Waals surface area contributed by atoms with Crippen molar-refractivity contribution < 1.29 is 19.1 Å². The third-order valence-electron chi connectivity index (χ3n) is 10.0. The molecule has 4 rings (SSSR count). The smallest absolute Gasteiger partial charge is 0.434 e. The van der Waals surface area contributed by atoms with Crippen molar-refractivity contribution in [3.8, 4) is 0 Å². The summed E-state index contributed by atoms with van der Waals surface area (Å²) < 4.78 is 11.5. The average Bonchev–Trinajstić information content (AvgIpc) is 3.12. The van der Waals surface area contributed by atoms with Crippen LogP contribution >= 0.6 is 0 Å². The van der Waals surface area contributed by atoms with Crippen molar-refractivity contribution in [1.82, 2.24) is 0 Å². The Morgan fingerprint density at radius 1 is 1.03 bits per heavy atom. The van der Waals surface area contributed by atoms with E-state index in [0.717, 1.165) is 51.4 Å². The van der Waals surface area contributed by atoms with Crippen molar-refractivity contribution in [1.29, 1.82) is 0 Å². The summed E-state index contributed by atoms with van der Waals surface area (Å²) in [5.41, 5.74) is 1.50. The molecule has 4 nitrogen and oxygen atoms in total. The number of rotatable bonds is 8. The Bertz CT molecular complexity index is 742. The number of carbonyl (C=O) groups is 2. The first-order valence-electron chi connectivity index (χ1n) is 14.0. The van der Waals surface area contributed by atoms with Crippen molar-refractivity contribution in [2.75, 3.05) is 6.61 Å². The van der Waals surface area contributed by atoms with Gasteiger partial charge in [0.1, 0.15) is 6.10 Å². The van der Waals surface area contributed by atoms with Crippen LogP contribution in [0.4, 0.5) is 4.79 Å². The fourth-order valence-electron chi connectivity index (χ4n) is 8.49. The first-order chi connectivity index (χ1) is 15.9. The van der Waals surface area contributed by atoms with E-state index in [1.54, 1.807) is 0 Å². The Balaban J connectivity index is 1.50. The highest BCUT2D eigenvalue weighted by molar-refractivity contribution is 5.91. The van der Waals surface area contributed by atoms with Gasteiger partial charge in [-0.05, 0) is 80.1 Å². The predicted octanol–water partition coefficient (Wildman–Crippen LogP) is 7.50. The number of hydrogen-bond donors (Lipinski definition) is 0. The lowest BCUT2D eigenvalue weighted by Gasteiger charge is -2.59. The number of ether oxygens (including phenoxy) is 2. The monoisotopic (exact) mass is 458 g/mol. The summed E-state index contributed by atoms with van der Waals surface area (Å²) in [7, 11) is 0. The van der Waals surface area contributed by atoms with Gasteiger partial charge >= 0.3 is 6.16 Å². The molecule has 0 heterocycles. The molecular weight excluding hydrogens is 412 g/mol. The molecule has 0 radical (unpaired) electrons. The highest BCUT2D eigenvalue weighted by Gasteiger charge is 2.61. The van der Waals surface area contributed by atoms with E-state index in [-0.39, 0.29) is 11.5 Å². The lowest BCUT2D eigenvalue weighted by Crippen LogP contribution is -2.54. The highest BCUT2D eigenvalue weighted by atomic mass is 16.7. The van der Waals surface area contributed by atoms with Gasteiger partial charge in [-0.1, -0.05) is 65.4 Å². The van der Waals surface area contributed by atoms with Gasteiger partial charge < -0.3 is 9.47 Å². The van der Waals surface area contributed by atoms with Crippen LogP contribution in [0, 0.1) is 40.9 Å². The molecule has 0 aromatic heterocycles. The molecule has 0 amide bonds. The fourth-order valence-corrected chi connectivity index (χ4v) is 8.49. The van der Waals surface area contributed by atoms with Crippen molar-refractivity contribution in [2.45, 2.75) is 111 Å². The van der Waals surface area contributed by atoms with E-state index >= 15 is 0 Å². The van der Waals surface area contributed by atoms with E-state index in [2.05, 4.69) is 27.7 Å². The zero-order chi connectivity index (χ0) is 23.6. The molecule has 4 aliphatic rings. The summed E-state index contributed by atoms with van der Waals surface area (Å²) in [6.07, 6.45) is 14.4. The highest BCUT2D eigenvalue weighted by Crippen LogP contribution is 2.66. The maximum Gasteiger partial charge on any atom is 0.508 e. The number of hydrogen-bond acceptors (Lipinski definition) is 4. The van der Waals surface area contributed by atoms with Gasteiger partial charge in [0.05, 0.1) is 6.61 Å². The first kappa shape index (κ1) is 24.8. The molecule has 8 atom stereocenters. The van der Waals surface area contributed by atoms with Crippen LogP contribution in [0.3, 0.4) is 0 Å². The van der Waals surface area contributed by atoms with Gasteiger partial charge in [-0.2, -0.15) is 0 Å². The molecule has 4 heteroatoms. The molecule has 33 heavy (non-hydrogen) atoms. The number of unbranched alkanes of at least 4 members (excludes halogenated alkanes) is 3. The minimum Gasteiger partial charge on any atom is -0.434 e. The molecule has 3 saturated carbocycles. The Morgan fingerprint density at radius 2 is 1.82 bits per heavy atom. The second-order valence-corrected chi connectivity index (χ2v) is 11.7. The lowest BCUT2D eigenvalue weighted by atomic mass is 9.46. The second-order valence-electron chi connectivity index (χ2n) is 11.7. The summed E-state index contributed by atoms with van der Waals surface area (Å²) in [5, 5.41) is 0. The molecule has 0 bridgehead atoms. The molecule has 0 aromatic rings. The quantitative estimate of drug-likeness (QED) is 0.279. The van der Waals surface area contributed by atoms with Gasteiger partial charge in [0, 0.05) is 11.8 Å². The molecule has 0 unspecified atom stereocenters. The van der Waals surface area contributed by atoms with Crippen LogP contribution in [0.1, 0.15) is 105 Å². The van der Waals surface area contributed by atoms with Gasteiger partial charge in [-0.15, -0.1) is 0 Å². The largest absolute Gasteiger partial charge is 0.508 e. The van der Waals surface area contributed by atoms with Crippen LogP contribution in [0.2, 0.25) is 0 Å². The van der Waals surface area contributed by atoms with Crippen molar-refractivity contribution in [3.63, 3.8) is 0 Å². The zero-order valence-electron chi connectivity index (χ0n) is 21.4. The Kier molecular flexibility index (Phi) is 7.91. The summed E-state index contributed by atoms with van der Waals surface area (Å²) in [6.45, 7) is 9.74. The zero-order valence-corrected chi connectivity index (χ0v) is 21.4. The molecule has 4 aliphatic carbocycles. The molecule has 0 aliphatic heterocycles. The number of allylic oxidation sites excluding steroid dienone is 1. The van der Waals surface area contributed by atoms with Gasteiger partial charge in [-0.3, -0.25) is 4.79 Å². The standard InChI is InChI=1S/C29H46O4/c1-5-8-9-10-15-32-28(31)33-25-14-13-24-27-19(6-2)16-21-17-22(30)11-12-23(21)26(27)20(7-3)18-29(24,25)4/h17,19-20,23-27H,5-16,18H2,1-4H3/t19-,20+,23+,24+,25+,26-,27+,29+/m1/s1. The van der Waals surface area contributed by atoms with E-state index < -0.39 is 6.16 Å². The minimum atomic E-state index is -0.458. The van der Waals surface area contributed by atoms with Gasteiger partial charge in [-0.25, -0.2) is 4.79 Å². The maximum absolute atomic E-state index is 12.5. The van der Waals surface area contributed by atoms with Crippen LogP contribution in [0.25, 0.3) is 0 Å². The molecular formula is C29H46O4. The SMILES string of the molecule is CCCCCCOC(=O)O[C@H]1CC[C@H]2[C@@H]3[C@H](CC)CC4=CC(=O)CC[C@@H]4[C@H]3[C@@H](CC)C[C@]12C. The lowest BCUT2D eigenvalue weighted by molar-refractivity contribution is -0.122. The first-order valence-corrected chi connectivity index (χ1v) is 14.0. The molecule has 0 saturated heterocycles. The molecule has 3 fully saturated rings. The molecule has 186 valence electrons. The third-order valence-corrected chi connectivity index (χ3v) is 10.0. The Labute approximate surface area is 201 Å². The van der Waals surface area contributed by atoms with E-state index in [4.69, 9.17) is 9.47 Å². The van der Waals surface area contributed by atoms with E-state index in [0.29, 0.717) is 47.9 Å². The molecule has 0 aromatic carbocycles. The Morgan fingerprint density at radius 3 is 2.55 bits per heavy atom. The molecule has 0 spiro atoms. The molecule has 0 N–H and O–H groups in total. The van der Waals surface area contributed by atoms with E-state index in [1.807, 2.05) is 6.08 Å². The number of fused-ring (bicyclic) bond motifs is 5.